The summed E-state index contributed by atoms with van der Waals surface area (Å²) in [5, 5.41) is 37.6. The van der Waals surface area contributed by atoms with E-state index in [1.165, 1.54) is 0 Å². The summed E-state index contributed by atoms with van der Waals surface area (Å²) in [5.41, 5.74) is 0. The van der Waals surface area contributed by atoms with Gasteiger partial charge >= 0.3 is 0 Å². The van der Waals surface area contributed by atoms with Crippen molar-refractivity contribution in [3.05, 3.63) is 0 Å². The van der Waals surface area contributed by atoms with Crippen molar-refractivity contribution in [2.75, 3.05) is 13.2 Å². The normalized spacial score (nSPS) is 51.2. The fraction of sp³-hybridized carbons (Fsp3) is 1.00. The van der Waals surface area contributed by atoms with Gasteiger partial charge in [-0.15, -0.1) is 0 Å². The Morgan fingerprint density at radius 3 is 2.46 bits per heavy atom. The zero-order valence-electron chi connectivity index (χ0n) is 7.24. The molecular formula is C8H15NO4. The molecule has 4 N–H and O–H groups in total. The van der Waals surface area contributed by atoms with Crippen LogP contribution in [0.2, 0.25) is 0 Å². The number of hydrogen-bond acceptors (Lipinski definition) is 5. The molecule has 5 atom stereocenters. The number of rotatable bonds is 1. The Bertz CT molecular complexity index is 201. The molecule has 0 unspecified atom stereocenters. The van der Waals surface area contributed by atoms with E-state index in [4.69, 9.17) is 5.11 Å². The molecule has 76 valence electrons. The molecule has 0 aromatic rings. The van der Waals surface area contributed by atoms with E-state index in [2.05, 4.69) is 0 Å². The highest BCUT2D eigenvalue weighted by Crippen LogP contribution is 2.33. The second-order valence-corrected chi connectivity index (χ2v) is 3.82. The Balaban J connectivity index is 2.19. The molecule has 0 saturated carbocycles. The van der Waals surface area contributed by atoms with E-state index >= 15 is 0 Å². The van der Waals surface area contributed by atoms with Gasteiger partial charge in [0.2, 0.25) is 0 Å². The van der Waals surface area contributed by atoms with Crippen LogP contribution in [0.15, 0.2) is 0 Å². The van der Waals surface area contributed by atoms with Crippen LogP contribution in [0.3, 0.4) is 0 Å². The van der Waals surface area contributed by atoms with E-state index in [9.17, 15) is 15.3 Å². The minimum Gasteiger partial charge on any atom is -0.395 e. The summed E-state index contributed by atoms with van der Waals surface area (Å²) in [6, 6.07) is -0.815. The van der Waals surface area contributed by atoms with Gasteiger partial charge < -0.3 is 20.4 Å². The fourth-order valence-electron chi connectivity index (χ4n) is 2.47. The van der Waals surface area contributed by atoms with Crippen LogP contribution < -0.4 is 0 Å². The van der Waals surface area contributed by atoms with Crippen LogP contribution in [0.25, 0.3) is 0 Å². The number of fused-ring (bicyclic) bond motifs is 1. The average molecular weight is 189 g/mol. The number of hydrogen-bond donors (Lipinski definition) is 4. The van der Waals surface area contributed by atoms with Crippen LogP contribution in [0.5, 0.6) is 0 Å². The van der Waals surface area contributed by atoms with E-state index in [1.54, 1.807) is 4.90 Å². The van der Waals surface area contributed by atoms with Crippen LogP contribution in [0.1, 0.15) is 6.42 Å². The summed E-state index contributed by atoms with van der Waals surface area (Å²) >= 11 is 0. The third-order valence-corrected chi connectivity index (χ3v) is 3.17. The zero-order chi connectivity index (χ0) is 9.59. The SMILES string of the molecule is OC[C@@H]1[C@@H](O)[C@@H](O)[C@@H]2[C@H](O)CCN21. The first-order valence-corrected chi connectivity index (χ1v) is 4.57. The lowest BCUT2D eigenvalue weighted by atomic mass is 10.0. The maximum absolute atomic E-state index is 9.58. The summed E-state index contributed by atoms with van der Waals surface area (Å²) in [6.07, 6.45) is -1.86. The van der Waals surface area contributed by atoms with Crippen molar-refractivity contribution in [1.29, 1.82) is 0 Å². The second-order valence-electron chi connectivity index (χ2n) is 3.82. The number of aliphatic hydroxyl groups excluding tert-OH is 4. The molecule has 2 aliphatic heterocycles. The Morgan fingerprint density at radius 2 is 1.85 bits per heavy atom. The average Bonchev–Trinajstić information content (AvgIpc) is 2.57. The highest BCUT2D eigenvalue weighted by molar-refractivity contribution is 5.06. The molecule has 0 amide bonds. The largest absolute Gasteiger partial charge is 0.395 e. The standard InChI is InChI=1S/C8H15NO4/c10-3-4-7(12)8(13)6-5(11)1-2-9(4)6/h4-8,10-13H,1-3H2/t4-,5-,6+,7-,8+/m1/s1. The maximum Gasteiger partial charge on any atom is 0.0995 e. The summed E-state index contributed by atoms with van der Waals surface area (Å²) in [5.74, 6) is 0. The first-order chi connectivity index (χ1) is 6.16. The minimum atomic E-state index is -0.940. The van der Waals surface area contributed by atoms with Crippen LogP contribution in [0.4, 0.5) is 0 Å². The molecule has 2 aliphatic rings. The van der Waals surface area contributed by atoms with Crippen molar-refractivity contribution in [1.82, 2.24) is 4.90 Å². The van der Waals surface area contributed by atoms with Gasteiger partial charge in [0, 0.05) is 6.54 Å². The molecule has 13 heavy (non-hydrogen) atoms. The minimum absolute atomic E-state index is 0.179. The molecule has 0 bridgehead atoms. The van der Waals surface area contributed by atoms with Gasteiger partial charge in [-0.3, -0.25) is 4.90 Å². The van der Waals surface area contributed by atoms with E-state index in [0.717, 1.165) is 0 Å². The van der Waals surface area contributed by atoms with Crippen molar-refractivity contribution in [2.24, 2.45) is 0 Å². The molecule has 0 spiro atoms. The topological polar surface area (TPSA) is 84.2 Å². The summed E-state index contributed by atoms with van der Waals surface area (Å²) in [7, 11) is 0. The Morgan fingerprint density at radius 1 is 1.15 bits per heavy atom. The predicted octanol–water partition coefficient (Wildman–Crippen LogP) is -2.48. The van der Waals surface area contributed by atoms with Crippen LogP contribution in [-0.4, -0.2) is 68.9 Å². The van der Waals surface area contributed by atoms with E-state index in [-0.39, 0.29) is 6.61 Å². The summed E-state index contributed by atoms with van der Waals surface area (Å²) < 4.78 is 0. The smallest absolute Gasteiger partial charge is 0.0995 e. The molecule has 2 fully saturated rings. The van der Waals surface area contributed by atoms with Gasteiger partial charge in [0.1, 0.15) is 0 Å². The van der Waals surface area contributed by atoms with Gasteiger partial charge in [-0.1, -0.05) is 0 Å². The third-order valence-electron chi connectivity index (χ3n) is 3.17. The van der Waals surface area contributed by atoms with Crippen molar-refractivity contribution in [3.8, 4) is 0 Å². The molecule has 2 rings (SSSR count). The fourth-order valence-corrected chi connectivity index (χ4v) is 2.47. The van der Waals surface area contributed by atoms with E-state index in [0.29, 0.717) is 13.0 Å². The zero-order valence-corrected chi connectivity index (χ0v) is 7.24. The van der Waals surface area contributed by atoms with E-state index in [1.807, 2.05) is 0 Å². The molecule has 5 heteroatoms. The lowest BCUT2D eigenvalue weighted by Gasteiger charge is -2.22. The van der Waals surface area contributed by atoms with Gasteiger partial charge in [-0.2, -0.15) is 0 Å². The maximum atomic E-state index is 9.58. The van der Waals surface area contributed by atoms with Crippen molar-refractivity contribution >= 4 is 0 Å². The van der Waals surface area contributed by atoms with Crippen LogP contribution >= 0.6 is 0 Å². The Kier molecular flexibility index (Phi) is 2.29. The molecule has 5 nitrogen and oxygen atoms in total. The molecule has 2 saturated heterocycles. The Hall–Kier alpha value is -0.200. The molecular weight excluding hydrogens is 174 g/mol. The van der Waals surface area contributed by atoms with Gasteiger partial charge in [0.25, 0.3) is 0 Å². The van der Waals surface area contributed by atoms with Crippen molar-refractivity contribution in [3.63, 3.8) is 0 Å². The highest BCUT2D eigenvalue weighted by Gasteiger charge is 2.52. The van der Waals surface area contributed by atoms with E-state index < -0.39 is 30.4 Å². The lowest BCUT2D eigenvalue weighted by molar-refractivity contribution is -0.000895. The first kappa shape index (κ1) is 9.36. The molecule has 0 aromatic heterocycles. The number of aliphatic hydroxyl groups is 4. The third kappa shape index (κ3) is 1.19. The molecule has 0 aromatic carbocycles. The summed E-state index contributed by atoms with van der Waals surface area (Å²) in [6.45, 7) is 0.451. The van der Waals surface area contributed by atoms with Gasteiger partial charge in [-0.05, 0) is 6.42 Å². The quantitative estimate of drug-likeness (QED) is 0.367. The van der Waals surface area contributed by atoms with Crippen molar-refractivity contribution < 1.29 is 20.4 Å². The van der Waals surface area contributed by atoms with Crippen LogP contribution in [-0.2, 0) is 0 Å². The Labute approximate surface area is 76.2 Å². The molecule has 2 heterocycles. The predicted molar refractivity (Wildman–Crippen MR) is 44.0 cm³/mol. The number of nitrogens with zero attached hydrogens (tertiary/aromatic N) is 1. The molecule has 0 radical (unpaired) electrons. The monoisotopic (exact) mass is 189 g/mol. The first-order valence-electron chi connectivity index (χ1n) is 4.57. The van der Waals surface area contributed by atoms with Crippen molar-refractivity contribution in [2.45, 2.75) is 36.8 Å². The van der Waals surface area contributed by atoms with Crippen LogP contribution in [0, 0.1) is 0 Å². The summed E-state index contributed by atoms with van der Waals surface area (Å²) in [4.78, 5) is 1.79. The lowest BCUT2D eigenvalue weighted by Crippen LogP contribution is -2.39. The van der Waals surface area contributed by atoms with Gasteiger partial charge in [0.15, 0.2) is 0 Å². The highest BCUT2D eigenvalue weighted by atomic mass is 16.3. The van der Waals surface area contributed by atoms with Gasteiger partial charge in [0.05, 0.1) is 37.0 Å². The molecule has 0 aliphatic carbocycles. The second kappa shape index (κ2) is 3.18. The van der Waals surface area contributed by atoms with Gasteiger partial charge in [-0.25, -0.2) is 0 Å².